The van der Waals surface area contributed by atoms with Crippen molar-refractivity contribution in [2.45, 2.75) is 43.7 Å². The van der Waals surface area contributed by atoms with Crippen molar-refractivity contribution < 1.29 is 76.8 Å². The van der Waals surface area contributed by atoms with Crippen molar-refractivity contribution in [3.05, 3.63) is 120 Å². The average Bonchev–Trinajstić information content (AvgIpc) is 3.80. The molecule has 4 aromatic heterocycles. The molecule has 2 aromatic carbocycles. The molecule has 25 heteroatoms. The predicted octanol–water partition coefficient (Wildman–Crippen LogP) is 6.34. The maximum absolute atomic E-state index is 13.0. The number of fused-ring (bicyclic) bond motifs is 1. The van der Waals surface area contributed by atoms with E-state index in [0.29, 0.717) is 29.0 Å². The second-order valence-corrected chi connectivity index (χ2v) is 20.4. The molecule has 3 fully saturated rings. The number of hydrogen-bond acceptors (Lipinski definition) is 14. The summed E-state index contributed by atoms with van der Waals surface area (Å²) in [4.78, 5) is 24.8. The third kappa shape index (κ3) is 7.95. The Bertz CT molecular complexity index is 2920. The molecular formula is C38H28F6N4O11S4. The first kappa shape index (κ1) is 44.2. The van der Waals surface area contributed by atoms with Gasteiger partial charge in [0.25, 0.3) is 20.0 Å². The number of ether oxygens (including phenoxy) is 1. The third-order valence-corrected chi connectivity index (χ3v) is 16.9. The van der Waals surface area contributed by atoms with E-state index in [2.05, 4.69) is 28.8 Å². The molecule has 63 heavy (non-hydrogen) atoms. The van der Waals surface area contributed by atoms with E-state index in [0.717, 1.165) is 23.0 Å². The van der Waals surface area contributed by atoms with Crippen LogP contribution < -0.4 is 9.44 Å². The van der Waals surface area contributed by atoms with Gasteiger partial charge in [-0.15, -0.1) is 22.7 Å². The molecular weight excluding hydrogens is 931 g/mol. The number of nitrogens with one attached hydrogen (secondary N) is 2. The van der Waals surface area contributed by atoms with E-state index in [-0.39, 0.29) is 48.0 Å². The van der Waals surface area contributed by atoms with Gasteiger partial charge in [-0.3, -0.25) is 4.79 Å². The number of halogens is 6. The summed E-state index contributed by atoms with van der Waals surface area (Å²) in [5.74, 6) is -7.09. The highest BCUT2D eigenvalue weighted by Gasteiger charge is 2.76. The van der Waals surface area contributed by atoms with Crippen LogP contribution in [0.3, 0.4) is 0 Å². The summed E-state index contributed by atoms with van der Waals surface area (Å²) in [5.41, 5.74) is -2.33. The first-order valence-corrected chi connectivity index (χ1v) is 22.7. The zero-order valence-electron chi connectivity index (χ0n) is 31.3. The van der Waals surface area contributed by atoms with Crippen LogP contribution in [0.4, 0.5) is 26.3 Å². The molecule has 0 spiro atoms. The minimum Gasteiger partial charge on any atom is -0.480 e. The quantitative estimate of drug-likeness (QED) is 0.0777. The summed E-state index contributed by atoms with van der Waals surface area (Å²) in [7, 11) is -8.55. The normalized spacial score (nSPS) is 24.3. The van der Waals surface area contributed by atoms with Crippen LogP contribution in [0.5, 0.6) is 0 Å². The molecule has 3 aliphatic rings. The topological polar surface area (TPSA) is 228 Å². The SMILES string of the molecule is O=C(O)C1(NS(=O)(=O)c2ccc(-c3cc(C(F)(F)F)on3)s2)C(CO)C1c1ccccc1.O=C1OCC2C(c3ccccc3)C12NS(=O)(=O)c1ccc(-c2cc(C(F)(F)F)on2)s1. The fourth-order valence-electron chi connectivity index (χ4n) is 7.73. The number of thiophene rings is 2. The van der Waals surface area contributed by atoms with Gasteiger partial charge in [-0.25, -0.2) is 21.6 Å². The van der Waals surface area contributed by atoms with E-state index in [4.69, 9.17) is 4.74 Å². The van der Waals surface area contributed by atoms with Gasteiger partial charge in [0.2, 0.25) is 11.5 Å². The monoisotopic (exact) mass is 958 g/mol. The predicted molar refractivity (Wildman–Crippen MR) is 207 cm³/mol. The van der Waals surface area contributed by atoms with Gasteiger partial charge in [0.1, 0.15) is 30.9 Å². The zero-order valence-corrected chi connectivity index (χ0v) is 34.6. The maximum Gasteiger partial charge on any atom is 0.452 e. The molecule has 4 N–H and O–H groups in total. The van der Waals surface area contributed by atoms with E-state index in [1.807, 2.05) is 18.2 Å². The van der Waals surface area contributed by atoms with Crippen LogP contribution in [0, 0.1) is 11.8 Å². The van der Waals surface area contributed by atoms with Crippen molar-refractivity contribution >= 4 is 54.7 Å². The van der Waals surface area contributed by atoms with E-state index < -0.39 is 85.4 Å². The van der Waals surface area contributed by atoms with E-state index >= 15 is 0 Å². The molecule has 1 aliphatic heterocycles. The molecule has 1 saturated heterocycles. The van der Waals surface area contributed by atoms with E-state index in [1.165, 1.54) is 18.2 Å². The summed E-state index contributed by atoms with van der Waals surface area (Å²) in [6, 6.07) is 23.7. The maximum atomic E-state index is 13.0. The van der Waals surface area contributed by atoms with Crippen LogP contribution in [0.2, 0.25) is 0 Å². The van der Waals surface area contributed by atoms with Crippen LogP contribution in [-0.4, -0.2) is 73.6 Å². The Hall–Kier alpha value is -5.44. The summed E-state index contributed by atoms with van der Waals surface area (Å²) in [6.07, 6.45) is -9.45. The molecule has 6 atom stereocenters. The number of aliphatic hydroxyl groups excluding tert-OH is 1. The van der Waals surface area contributed by atoms with Crippen LogP contribution in [0.15, 0.2) is 115 Å². The smallest absolute Gasteiger partial charge is 0.452 e. The van der Waals surface area contributed by atoms with Crippen molar-refractivity contribution in [2.24, 2.45) is 11.8 Å². The minimum absolute atomic E-state index is 0.0862. The third-order valence-electron chi connectivity index (χ3n) is 10.7. The number of aliphatic carboxylic acids is 1. The molecule has 9 rings (SSSR count). The molecule has 15 nitrogen and oxygen atoms in total. The Labute approximate surface area is 359 Å². The Kier molecular flexibility index (Phi) is 11.0. The van der Waals surface area contributed by atoms with E-state index in [1.54, 1.807) is 42.5 Å². The van der Waals surface area contributed by atoms with E-state index in [9.17, 15) is 63.0 Å². The second kappa shape index (κ2) is 15.7. The van der Waals surface area contributed by atoms with Crippen LogP contribution >= 0.6 is 22.7 Å². The summed E-state index contributed by atoms with van der Waals surface area (Å²) >= 11 is 1.33. The number of esters is 1. The van der Waals surface area contributed by atoms with Crippen molar-refractivity contribution in [3.63, 3.8) is 0 Å². The second-order valence-electron chi connectivity index (χ2n) is 14.4. The standard InChI is InChI=1S/C19H15F3N2O6S2.C19H13F3N2O5S2/c20-19(21,22)14-8-12(23-30-14)13-6-7-15(31-13)32(28,29)24-18(17(26)27)11(9-25)16(18)10-4-2-1-3-5-10;20-19(21,22)14-8-12(23-29-14)13-6-7-15(30-13)31(26,27)24-18-11(9-28-17(18)25)16(18)10-4-2-1-3-5-10/h1-8,11,16,24-25H,9H2,(H,26,27);1-8,11,16,24H,9H2. The molecule has 5 heterocycles. The number of rotatable bonds is 12. The van der Waals surface area contributed by atoms with Crippen molar-refractivity contribution in [3.8, 4) is 21.1 Å². The van der Waals surface area contributed by atoms with Gasteiger partial charge in [-0.1, -0.05) is 71.0 Å². The number of carboxylic acids is 1. The number of aliphatic hydroxyl groups is 1. The number of carbonyl (C=O) groups excluding carboxylic acids is 1. The van der Waals surface area contributed by atoms with Crippen LogP contribution in [0.25, 0.3) is 21.1 Å². The summed E-state index contributed by atoms with van der Waals surface area (Å²) in [6.45, 7) is -0.459. The van der Waals surface area contributed by atoms with Gasteiger partial charge in [-0.05, 0) is 35.4 Å². The van der Waals surface area contributed by atoms with Gasteiger partial charge >= 0.3 is 24.3 Å². The van der Waals surface area contributed by atoms with Crippen LogP contribution in [0.1, 0.15) is 34.5 Å². The summed E-state index contributed by atoms with van der Waals surface area (Å²) < 4.78 is 146. The first-order chi connectivity index (χ1) is 29.6. The fraction of sp³-hybridized carbons (Fsp3) is 0.263. The largest absolute Gasteiger partial charge is 0.480 e. The van der Waals surface area contributed by atoms with Gasteiger partial charge < -0.3 is 24.0 Å². The lowest BCUT2D eigenvalue weighted by molar-refractivity contribution is -0.156. The fourth-order valence-corrected chi connectivity index (χ4v) is 13.1. The molecule has 6 aromatic rings. The molecule has 2 aliphatic carbocycles. The number of nitrogens with zero attached hydrogens (tertiary/aromatic N) is 2. The molecule has 0 bridgehead atoms. The van der Waals surface area contributed by atoms with Gasteiger partial charge in [0.05, 0.1) is 16.4 Å². The average molecular weight is 959 g/mol. The zero-order chi connectivity index (χ0) is 45.3. The minimum atomic E-state index is -4.75. The number of sulfonamides is 2. The Morgan fingerprint density at radius 2 is 1.19 bits per heavy atom. The number of aromatic nitrogens is 2. The van der Waals surface area contributed by atoms with Crippen LogP contribution in [-0.2, 0) is 46.7 Å². The van der Waals surface area contributed by atoms with Crippen molar-refractivity contribution in [1.82, 2.24) is 19.8 Å². The lowest BCUT2D eigenvalue weighted by atomic mass is 10.1. The highest BCUT2D eigenvalue weighted by Crippen LogP contribution is 2.62. The Morgan fingerprint density at radius 1 is 0.730 bits per heavy atom. The number of carboxylic acid groups (broad SMARTS) is 1. The number of carbonyl (C=O) groups is 2. The lowest BCUT2D eigenvalue weighted by Gasteiger charge is -2.15. The molecule has 0 amide bonds. The first-order valence-electron chi connectivity index (χ1n) is 18.1. The molecule has 0 radical (unpaired) electrons. The highest BCUT2D eigenvalue weighted by molar-refractivity contribution is 7.92. The highest BCUT2D eigenvalue weighted by atomic mass is 32.3. The number of alkyl halides is 6. The molecule has 6 unspecified atom stereocenters. The number of cyclic esters (lactones) is 1. The van der Waals surface area contributed by atoms with Gasteiger partial charge in [0, 0.05) is 42.4 Å². The Morgan fingerprint density at radius 3 is 1.62 bits per heavy atom. The Balaban J connectivity index is 0.000000173. The number of benzene rings is 2. The molecule has 332 valence electrons. The lowest BCUT2D eigenvalue weighted by Crippen LogP contribution is -2.46. The van der Waals surface area contributed by atoms with Gasteiger partial charge in [-0.2, -0.15) is 35.8 Å². The van der Waals surface area contributed by atoms with Crippen molar-refractivity contribution in [2.75, 3.05) is 13.2 Å². The summed E-state index contributed by atoms with van der Waals surface area (Å²) in [5, 5.41) is 26.2. The number of hydrogen-bond donors (Lipinski definition) is 4. The van der Waals surface area contributed by atoms with Gasteiger partial charge in [0.15, 0.2) is 0 Å². The molecule has 2 saturated carbocycles. The van der Waals surface area contributed by atoms with Crippen molar-refractivity contribution in [1.29, 1.82) is 0 Å².